The molecule has 0 spiro atoms. The number of aromatic nitrogens is 2. The van der Waals surface area contributed by atoms with Gasteiger partial charge in [-0.3, -0.25) is 9.78 Å². The Morgan fingerprint density at radius 3 is 2.76 bits per heavy atom. The molecule has 7 nitrogen and oxygen atoms in total. The number of para-hydroxylation sites is 1. The summed E-state index contributed by atoms with van der Waals surface area (Å²) in [6.07, 6.45) is 6.10. The number of alkyl carbamates (subject to hydrolysis) is 1. The van der Waals surface area contributed by atoms with E-state index in [0.717, 1.165) is 22.0 Å². The van der Waals surface area contributed by atoms with Crippen molar-refractivity contribution in [1.82, 2.24) is 20.6 Å². The number of amides is 2. The highest BCUT2D eigenvalue weighted by Crippen LogP contribution is 2.20. The first-order chi connectivity index (χ1) is 15.8. The number of hydrogen-bond acceptors (Lipinski definition) is 5. The van der Waals surface area contributed by atoms with E-state index in [9.17, 15) is 9.59 Å². The Morgan fingerprint density at radius 1 is 1.18 bits per heavy atom. The van der Waals surface area contributed by atoms with Gasteiger partial charge in [-0.1, -0.05) is 24.3 Å². The lowest BCUT2D eigenvalue weighted by Gasteiger charge is -2.23. The van der Waals surface area contributed by atoms with Gasteiger partial charge in [0.05, 0.1) is 0 Å². The monoisotopic (exact) mass is 468 g/mol. The molecule has 0 unspecified atom stereocenters. The quantitative estimate of drug-likeness (QED) is 0.382. The van der Waals surface area contributed by atoms with Crippen LogP contribution in [0, 0.1) is 0 Å². The average Bonchev–Trinajstić information content (AvgIpc) is 3.17. The normalized spacial score (nSPS) is 12.3. The van der Waals surface area contributed by atoms with Crippen LogP contribution >= 0.6 is 11.8 Å². The lowest BCUT2D eigenvalue weighted by molar-refractivity contribution is -0.120. The van der Waals surface area contributed by atoms with Gasteiger partial charge in [0.2, 0.25) is 5.91 Å². The fraction of sp³-hybridized carbons (Fsp3) is 0.400. The second-order valence-electron chi connectivity index (χ2n) is 8.87. The van der Waals surface area contributed by atoms with E-state index >= 15 is 0 Å². The van der Waals surface area contributed by atoms with Crippen molar-refractivity contribution in [2.24, 2.45) is 0 Å². The Balaban J connectivity index is 1.51. The molecule has 2 heterocycles. The topological polar surface area (TPSA) is 96.1 Å². The number of thioether (sulfide) groups is 1. The Labute approximate surface area is 199 Å². The van der Waals surface area contributed by atoms with E-state index in [1.165, 1.54) is 0 Å². The van der Waals surface area contributed by atoms with Crippen molar-refractivity contribution in [1.29, 1.82) is 0 Å². The summed E-state index contributed by atoms with van der Waals surface area (Å²) in [6, 6.07) is 11.8. The molecule has 0 aliphatic heterocycles. The van der Waals surface area contributed by atoms with Gasteiger partial charge in [0.25, 0.3) is 0 Å². The molecule has 0 bridgehead atoms. The van der Waals surface area contributed by atoms with Crippen LogP contribution in [-0.2, 0) is 22.5 Å². The van der Waals surface area contributed by atoms with Gasteiger partial charge in [0.15, 0.2) is 0 Å². The minimum absolute atomic E-state index is 0.000340. The molecule has 0 fully saturated rings. The Bertz CT molecular complexity index is 1050. The van der Waals surface area contributed by atoms with E-state index in [0.29, 0.717) is 30.9 Å². The fourth-order valence-corrected chi connectivity index (χ4v) is 4.36. The molecule has 0 aliphatic carbocycles. The van der Waals surface area contributed by atoms with Gasteiger partial charge in [-0.25, -0.2) is 4.79 Å². The molecule has 3 rings (SSSR count). The van der Waals surface area contributed by atoms with Crippen molar-refractivity contribution in [2.45, 2.75) is 51.8 Å². The molecule has 1 atom stereocenters. The summed E-state index contributed by atoms with van der Waals surface area (Å²) in [7, 11) is 0. The van der Waals surface area contributed by atoms with Gasteiger partial charge in [-0.15, -0.1) is 0 Å². The summed E-state index contributed by atoms with van der Waals surface area (Å²) < 4.78 is 5.46. The SMILES string of the molecule is CC(C)(C)OC(=O)N[C@H](CSCCC(=O)NCc1cccnc1)Cc1c[nH]c2ccccc12. The number of rotatable bonds is 10. The number of ether oxygens (including phenoxy) is 1. The van der Waals surface area contributed by atoms with Crippen LogP contribution in [0.5, 0.6) is 0 Å². The van der Waals surface area contributed by atoms with Crippen LogP contribution in [0.2, 0.25) is 0 Å². The van der Waals surface area contributed by atoms with E-state index in [-0.39, 0.29) is 11.9 Å². The maximum atomic E-state index is 12.4. The largest absolute Gasteiger partial charge is 0.444 e. The highest BCUT2D eigenvalue weighted by atomic mass is 32.2. The van der Waals surface area contributed by atoms with E-state index in [1.807, 2.05) is 57.3 Å². The summed E-state index contributed by atoms with van der Waals surface area (Å²) in [5, 5.41) is 7.07. The third-order valence-electron chi connectivity index (χ3n) is 4.87. The first kappa shape index (κ1) is 24.6. The molecular weight excluding hydrogens is 436 g/mol. The summed E-state index contributed by atoms with van der Waals surface area (Å²) in [5.74, 6) is 1.34. The van der Waals surface area contributed by atoms with Crippen LogP contribution in [0.4, 0.5) is 4.79 Å². The predicted octanol–water partition coefficient (Wildman–Crippen LogP) is 4.44. The lowest BCUT2D eigenvalue weighted by Crippen LogP contribution is -2.41. The number of carbonyl (C=O) groups is 2. The molecule has 2 amide bonds. The molecule has 0 saturated carbocycles. The van der Waals surface area contributed by atoms with Crippen LogP contribution in [0.15, 0.2) is 55.0 Å². The number of carbonyl (C=O) groups excluding carboxylic acids is 2. The van der Waals surface area contributed by atoms with Crippen LogP contribution in [-0.4, -0.2) is 45.1 Å². The maximum absolute atomic E-state index is 12.4. The molecule has 0 aliphatic rings. The van der Waals surface area contributed by atoms with Crippen molar-refractivity contribution in [2.75, 3.05) is 11.5 Å². The first-order valence-corrected chi connectivity index (χ1v) is 12.2. The number of nitrogens with one attached hydrogen (secondary N) is 3. The summed E-state index contributed by atoms with van der Waals surface area (Å²) in [6.45, 7) is 6.01. The average molecular weight is 469 g/mol. The zero-order chi connectivity index (χ0) is 23.7. The molecule has 3 aromatic rings. The molecular formula is C25H32N4O3S. The lowest BCUT2D eigenvalue weighted by atomic mass is 10.1. The summed E-state index contributed by atoms with van der Waals surface area (Å²) in [5.41, 5.74) is 2.62. The van der Waals surface area contributed by atoms with Crippen molar-refractivity contribution < 1.29 is 14.3 Å². The molecule has 176 valence electrons. The van der Waals surface area contributed by atoms with E-state index in [2.05, 4.69) is 26.7 Å². The number of nitrogens with zero attached hydrogens (tertiary/aromatic N) is 1. The number of fused-ring (bicyclic) bond motifs is 1. The number of aromatic amines is 1. The van der Waals surface area contributed by atoms with E-state index < -0.39 is 11.7 Å². The standard InChI is InChI=1S/C25H32N4O3S/c1-25(2,3)32-24(31)29-20(13-19-16-27-22-9-5-4-8-21(19)22)17-33-12-10-23(30)28-15-18-7-6-11-26-14-18/h4-9,11,14,16,20,27H,10,12-13,15,17H2,1-3H3,(H,28,30)(H,29,31)/t20-/m0/s1. The van der Waals surface area contributed by atoms with Gasteiger partial charge in [0, 0.05) is 60.0 Å². The molecule has 33 heavy (non-hydrogen) atoms. The molecule has 2 aromatic heterocycles. The fourth-order valence-electron chi connectivity index (χ4n) is 3.37. The van der Waals surface area contributed by atoms with Gasteiger partial charge in [-0.05, 0) is 50.5 Å². The van der Waals surface area contributed by atoms with Crippen molar-refractivity contribution in [3.05, 3.63) is 66.1 Å². The van der Waals surface area contributed by atoms with Gasteiger partial charge in [-0.2, -0.15) is 11.8 Å². The van der Waals surface area contributed by atoms with Crippen molar-refractivity contribution in [3.63, 3.8) is 0 Å². The summed E-state index contributed by atoms with van der Waals surface area (Å²) >= 11 is 1.64. The number of benzene rings is 1. The van der Waals surface area contributed by atoms with Gasteiger partial charge >= 0.3 is 6.09 Å². The molecule has 0 saturated heterocycles. The Kier molecular flexibility index (Phi) is 8.77. The number of H-pyrrole nitrogens is 1. The zero-order valence-corrected chi connectivity index (χ0v) is 20.2. The Hall–Kier alpha value is -3.00. The number of hydrogen-bond donors (Lipinski definition) is 3. The van der Waals surface area contributed by atoms with Crippen LogP contribution in [0.3, 0.4) is 0 Å². The summed E-state index contributed by atoms with van der Waals surface area (Å²) in [4.78, 5) is 31.9. The maximum Gasteiger partial charge on any atom is 0.407 e. The van der Waals surface area contributed by atoms with E-state index in [4.69, 9.17) is 4.74 Å². The molecule has 1 aromatic carbocycles. The van der Waals surface area contributed by atoms with Crippen LogP contribution in [0.1, 0.15) is 38.3 Å². The number of pyridine rings is 1. The zero-order valence-electron chi connectivity index (χ0n) is 19.4. The van der Waals surface area contributed by atoms with E-state index in [1.54, 1.807) is 24.2 Å². The molecule has 3 N–H and O–H groups in total. The highest BCUT2D eigenvalue weighted by Gasteiger charge is 2.21. The van der Waals surface area contributed by atoms with Crippen molar-refractivity contribution in [3.8, 4) is 0 Å². The van der Waals surface area contributed by atoms with Crippen molar-refractivity contribution >= 4 is 34.7 Å². The van der Waals surface area contributed by atoms with Crippen LogP contribution in [0.25, 0.3) is 10.9 Å². The minimum Gasteiger partial charge on any atom is -0.444 e. The Morgan fingerprint density at radius 2 is 2.00 bits per heavy atom. The first-order valence-electron chi connectivity index (χ1n) is 11.1. The highest BCUT2D eigenvalue weighted by molar-refractivity contribution is 7.99. The predicted molar refractivity (Wildman–Crippen MR) is 133 cm³/mol. The van der Waals surface area contributed by atoms with Gasteiger partial charge in [0.1, 0.15) is 5.60 Å². The van der Waals surface area contributed by atoms with Gasteiger partial charge < -0.3 is 20.4 Å². The third-order valence-corrected chi connectivity index (χ3v) is 6.00. The molecule has 8 heteroatoms. The minimum atomic E-state index is -0.561. The second-order valence-corrected chi connectivity index (χ2v) is 10.0. The van der Waals surface area contributed by atoms with Crippen LogP contribution < -0.4 is 10.6 Å². The molecule has 0 radical (unpaired) electrons. The third kappa shape index (κ3) is 8.46. The smallest absolute Gasteiger partial charge is 0.407 e. The second kappa shape index (κ2) is 11.7.